The Hall–Kier alpha value is -5.91. The lowest BCUT2D eigenvalue weighted by Crippen LogP contribution is -2.32. The van der Waals surface area contributed by atoms with Gasteiger partial charge in [-0.05, 0) is 124 Å². The summed E-state index contributed by atoms with van der Waals surface area (Å²) in [4.78, 5) is 65.4. The van der Waals surface area contributed by atoms with Gasteiger partial charge in [0.2, 0.25) is 0 Å². The van der Waals surface area contributed by atoms with Crippen molar-refractivity contribution in [3.63, 3.8) is 0 Å². The first-order valence-corrected chi connectivity index (χ1v) is 17.0. The van der Waals surface area contributed by atoms with E-state index in [1.807, 2.05) is 13.8 Å². The van der Waals surface area contributed by atoms with Crippen LogP contribution in [0.1, 0.15) is 101 Å². The minimum atomic E-state index is -1.42. The van der Waals surface area contributed by atoms with Crippen LogP contribution in [0.2, 0.25) is 0 Å². The number of rotatable bonds is 10. The van der Waals surface area contributed by atoms with Gasteiger partial charge in [0.25, 0.3) is 0 Å². The molecule has 280 valence electrons. The molecule has 0 heterocycles. The summed E-state index contributed by atoms with van der Waals surface area (Å²) in [5, 5.41) is 30.9. The van der Waals surface area contributed by atoms with Crippen molar-refractivity contribution in [2.75, 3.05) is 7.11 Å². The molecule has 4 rings (SSSR count). The standard InChI is InChI=1S/C41H44O12/c1-12-26-23(9)36(52-41(49)34-28(43)15-25(42)16-30(34)50-11)20(6)19(5)33(26)40(48)51-29-14-17(3)31(35(44)24(29)10)39(47)53-37-21(7)18(4)32(38(45)46)22(8)27(37)13-2/h14-16,34,42,44H,12-13H2,1-11H3,(H,45,46). The SMILES string of the molecule is CCc1c(C)c(C(=O)O)c(C)c(C)c1OC(=O)c1c(C)cc(OC(=O)c2c(C)c(C)c(OC(=O)C3C(=O)C=C(O)C=C3OC)c(C)c2CC)c(C)c1O. The molecule has 0 amide bonds. The molecule has 1 aliphatic carbocycles. The van der Waals surface area contributed by atoms with Crippen molar-refractivity contribution < 1.29 is 58.2 Å². The molecule has 0 aliphatic heterocycles. The van der Waals surface area contributed by atoms with Crippen molar-refractivity contribution >= 4 is 29.7 Å². The molecule has 3 aromatic carbocycles. The van der Waals surface area contributed by atoms with Gasteiger partial charge < -0.3 is 34.3 Å². The van der Waals surface area contributed by atoms with Crippen LogP contribution in [0, 0.1) is 61.3 Å². The number of aliphatic hydroxyl groups is 1. The number of phenolic OH excluding ortho intramolecular Hbond substituents is 1. The minimum Gasteiger partial charge on any atom is -0.508 e. The number of carboxylic acids is 1. The van der Waals surface area contributed by atoms with Crippen LogP contribution in [-0.2, 0) is 27.2 Å². The number of aromatic carboxylic acids is 1. The fraction of sp³-hybridized carbons (Fsp3) is 0.341. The van der Waals surface area contributed by atoms with E-state index in [0.717, 1.165) is 12.2 Å². The summed E-state index contributed by atoms with van der Waals surface area (Å²) < 4.78 is 22.6. The Morgan fingerprint density at radius 1 is 0.660 bits per heavy atom. The molecule has 12 heteroatoms. The van der Waals surface area contributed by atoms with E-state index in [2.05, 4.69) is 0 Å². The molecule has 1 atom stereocenters. The summed E-state index contributed by atoms with van der Waals surface area (Å²) in [5.74, 6) is -6.21. The van der Waals surface area contributed by atoms with Gasteiger partial charge >= 0.3 is 23.9 Å². The van der Waals surface area contributed by atoms with E-state index >= 15 is 0 Å². The van der Waals surface area contributed by atoms with Crippen molar-refractivity contribution in [1.29, 1.82) is 0 Å². The maximum atomic E-state index is 13.9. The predicted octanol–water partition coefficient (Wildman–Crippen LogP) is 7.20. The van der Waals surface area contributed by atoms with E-state index in [4.69, 9.17) is 18.9 Å². The lowest BCUT2D eigenvalue weighted by Gasteiger charge is -2.23. The van der Waals surface area contributed by atoms with E-state index in [-0.39, 0.29) is 56.6 Å². The van der Waals surface area contributed by atoms with Crippen molar-refractivity contribution in [2.45, 2.75) is 82.1 Å². The number of ether oxygens (including phenoxy) is 4. The number of hydrogen-bond donors (Lipinski definition) is 3. The summed E-state index contributed by atoms with van der Waals surface area (Å²) in [6, 6.07) is 1.45. The summed E-state index contributed by atoms with van der Waals surface area (Å²) in [5.41, 5.74) is 4.49. The summed E-state index contributed by atoms with van der Waals surface area (Å²) in [6.45, 7) is 16.7. The number of phenols is 1. The van der Waals surface area contributed by atoms with Gasteiger partial charge in [-0.2, -0.15) is 0 Å². The number of allylic oxidation sites excluding steroid dienone is 2. The molecule has 53 heavy (non-hydrogen) atoms. The van der Waals surface area contributed by atoms with E-state index in [1.54, 1.807) is 48.5 Å². The Kier molecular flexibility index (Phi) is 11.6. The van der Waals surface area contributed by atoms with Gasteiger partial charge in [0.05, 0.1) is 18.2 Å². The molecule has 3 N–H and O–H groups in total. The molecular weight excluding hydrogens is 684 g/mol. The molecule has 0 saturated carbocycles. The molecule has 1 aliphatic rings. The molecule has 0 bridgehead atoms. The first-order chi connectivity index (χ1) is 24.8. The van der Waals surface area contributed by atoms with Crippen molar-refractivity contribution in [2.24, 2.45) is 5.92 Å². The Bertz CT molecular complexity index is 2170. The predicted molar refractivity (Wildman–Crippen MR) is 194 cm³/mol. The van der Waals surface area contributed by atoms with Crippen LogP contribution < -0.4 is 14.2 Å². The first kappa shape index (κ1) is 39.9. The smallest absolute Gasteiger partial charge is 0.347 e. The second kappa shape index (κ2) is 15.4. The van der Waals surface area contributed by atoms with Gasteiger partial charge in [-0.25, -0.2) is 14.4 Å². The third kappa shape index (κ3) is 7.13. The topological polar surface area (TPSA) is 183 Å². The highest BCUT2D eigenvalue weighted by atomic mass is 16.5. The van der Waals surface area contributed by atoms with Crippen LogP contribution in [0.3, 0.4) is 0 Å². The molecule has 0 radical (unpaired) electrons. The second-order valence-corrected chi connectivity index (χ2v) is 13.0. The van der Waals surface area contributed by atoms with Gasteiger partial charge in [-0.1, -0.05) is 13.8 Å². The monoisotopic (exact) mass is 728 g/mol. The fourth-order valence-electron chi connectivity index (χ4n) is 6.87. The highest BCUT2D eigenvalue weighted by molar-refractivity contribution is 6.09. The number of carboxylic acid groups (broad SMARTS) is 1. The Labute approximate surface area is 307 Å². The molecule has 0 saturated heterocycles. The Morgan fingerprint density at radius 3 is 1.79 bits per heavy atom. The number of aromatic hydroxyl groups is 1. The van der Waals surface area contributed by atoms with E-state index in [0.29, 0.717) is 57.3 Å². The number of esters is 3. The third-order valence-corrected chi connectivity index (χ3v) is 10.0. The van der Waals surface area contributed by atoms with Gasteiger partial charge in [-0.3, -0.25) is 9.59 Å². The normalized spacial score (nSPS) is 13.9. The fourth-order valence-corrected chi connectivity index (χ4v) is 6.87. The minimum absolute atomic E-state index is 0.00254. The number of benzene rings is 3. The lowest BCUT2D eigenvalue weighted by molar-refractivity contribution is -0.142. The zero-order valence-corrected chi connectivity index (χ0v) is 31.7. The number of ketones is 1. The van der Waals surface area contributed by atoms with Crippen LogP contribution in [-0.4, -0.2) is 52.1 Å². The Balaban J connectivity index is 1.68. The van der Waals surface area contributed by atoms with E-state index in [9.17, 15) is 39.3 Å². The van der Waals surface area contributed by atoms with Gasteiger partial charge in [0.15, 0.2) is 11.7 Å². The van der Waals surface area contributed by atoms with Crippen molar-refractivity contribution in [3.8, 4) is 23.0 Å². The summed E-state index contributed by atoms with van der Waals surface area (Å²) >= 11 is 0. The largest absolute Gasteiger partial charge is 0.508 e. The quantitative estimate of drug-likeness (QED) is 0.109. The number of carbonyl (C=O) groups is 5. The van der Waals surface area contributed by atoms with Gasteiger partial charge in [-0.15, -0.1) is 0 Å². The second-order valence-electron chi connectivity index (χ2n) is 13.0. The zero-order valence-electron chi connectivity index (χ0n) is 31.7. The first-order valence-electron chi connectivity index (χ1n) is 17.0. The number of carbonyl (C=O) groups excluding carboxylic acids is 4. The lowest BCUT2D eigenvalue weighted by atomic mass is 9.90. The maximum absolute atomic E-state index is 13.9. The average molecular weight is 729 g/mol. The molecule has 1 unspecified atom stereocenters. The zero-order chi connectivity index (χ0) is 39.8. The van der Waals surface area contributed by atoms with Crippen molar-refractivity contribution in [3.05, 3.63) is 102 Å². The van der Waals surface area contributed by atoms with Crippen LogP contribution in [0.5, 0.6) is 23.0 Å². The number of aliphatic hydroxyl groups excluding tert-OH is 1. The molecule has 12 nitrogen and oxygen atoms in total. The molecule has 0 aromatic heterocycles. The summed E-state index contributed by atoms with van der Waals surface area (Å²) in [6.07, 6.45) is 2.81. The molecule has 0 fully saturated rings. The molecule has 0 spiro atoms. The summed E-state index contributed by atoms with van der Waals surface area (Å²) in [7, 11) is 1.27. The van der Waals surface area contributed by atoms with Gasteiger partial charge in [0.1, 0.15) is 40.1 Å². The van der Waals surface area contributed by atoms with Crippen LogP contribution in [0.4, 0.5) is 0 Å². The highest BCUT2D eigenvalue weighted by Gasteiger charge is 2.37. The van der Waals surface area contributed by atoms with Crippen LogP contribution >= 0.6 is 0 Å². The molecular formula is C41H44O12. The van der Waals surface area contributed by atoms with E-state index < -0.39 is 41.3 Å². The van der Waals surface area contributed by atoms with Crippen LogP contribution in [0.15, 0.2) is 29.7 Å². The number of methoxy groups -OCH3 is 1. The van der Waals surface area contributed by atoms with Gasteiger partial charge in [0, 0.05) is 17.7 Å². The molecule has 3 aromatic rings. The number of hydrogen-bond acceptors (Lipinski definition) is 11. The van der Waals surface area contributed by atoms with Crippen molar-refractivity contribution in [1.82, 2.24) is 0 Å². The number of aryl methyl sites for hydroxylation is 1. The van der Waals surface area contributed by atoms with Crippen LogP contribution in [0.25, 0.3) is 0 Å². The Morgan fingerprint density at radius 2 is 1.23 bits per heavy atom. The maximum Gasteiger partial charge on any atom is 0.347 e. The highest BCUT2D eigenvalue weighted by Crippen LogP contribution is 2.40. The average Bonchev–Trinajstić information content (AvgIpc) is 3.08. The third-order valence-electron chi connectivity index (χ3n) is 10.0. The van der Waals surface area contributed by atoms with E-state index in [1.165, 1.54) is 20.1 Å².